The first kappa shape index (κ1) is 26.3. The van der Waals surface area contributed by atoms with Gasteiger partial charge >= 0.3 is 0 Å². The molecule has 40 heavy (non-hydrogen) atoms. The summed E-state index contributed by atoms with van der Waals surface area (Å²) >= 11 is 3.07. The Morgan fingerprint density at radius 3 is 2.30 bits per heavy atom. The fraction of sp³-hybridized carbons (Fsp3) is 0.188. The Hall–Kier alpha value is -3.98. The van der Waals surface area contributed by atoms with Crippen molar-refractivity contribution in [1.29, 1.82) is 0 Å². The Kier molecular flexibility index (Phi) is 7.90. The summed E-state index contributed by atoms with van der Waals surface area (Å²) in [5, 5.41) is 14.2. The van der Waals surface area contributed by atoms with Gasteiger partial charge in [-0.1, -0.05) is 36.4 Å². The molecule has 0 saturated carbocycles. The lowest BCUT2D eigenvalue weighted by Gasteiger charge is -2.36. The van der Waals surface area contributed by atoms with E-state index in [1.54, 1.807) is 23.5 Å². The number of amides is 1. The number of hydrogen-bond donors (Lipinski definition) is 1. The van der Waals surface area contributed by atoms with E-state index >= 15 is 0 Å². The third kappa shape index (κ3) is 6.09. The number of phenols is 1. The van der Waals surface area contributed by atoms with Crippen molar-refractivity contribution in [2.45, 2.75) is 13.1 Å². The van der Waals surface area contributed by atoms with E-state index in [0.29, 0.717) is 12.2 Å². The average molecular weight is 567 g/mol. The number of benzene rings is 3. The zero-order valence-corrected chi connectivity index (χ0v) is 23.7. The number of anilines is 2. The van der Waals surface area contributed by atoms with Crippen LogP contribution >= 0.6 is 22.7 Å². The van der Waals surface area contributed by atoms with Crippen molar-refractivity contribution in [3.8, 4) is 16.3 Å². The zero-order valence-electron chi connectivity index (χ0n) is 22.0. The number of hydrogen-bond acceptors (Lipinski definition) is 7. The van der Waals surface area contributed by atoms with E-state index in [-0.39, 0.29) is 11.7 Å². The smallest absolute Gasteiger partial charge is 0.278 e. The first-order valence-corrected chi connectivity index (χ1v) is 15.1. The number of piperazine rings is 1. The number of aromatic hydroxyl groups is 1. The predicted molar refractivity (Wildman–Crippen MR) is 164 cm³/mol. The van der Waals surface area contributed by atoms with E-state index < -0.39 is 0 Å². The maximum atomic E-state index is 13.8. The maximum Gasteiger partial charge on any atom is 0.278 e. The third-order valence-corrected chi connectivity index (χ3v) is 8.88. The molecule has 1 aliphatic rings. The Morgan fingerprint density at radius 1 is 0.850 bits per heavy atom. The van der Waals surface area contributed by atoms with Gasteiger partial charge < -0.3 is 14.9 Å². The second-order valence-corrected chi connectivity index (χ2v) is 11.7. The number of rotatable bonds is 8. The number of carbonyl (C=O) groups excluding carboxylic acids is 1. The molecule has 202 valence electrons. The van der Waals surface area contributed by atoms with Crippen LogP contribution in [0.2, 0.25) is 0 Å². The SMILES string of the molecule is O=C(c1csc(-c2ccc(O)cc2)n1)N(Cc1cccs1)c1ccc(N2CCN(Cc3ccccc3)CC2)cc1. The minimum Gasteiger partial charge on any atom is -0.508 e. The Labute approximate surface area is 242 Å². The summed E-state index contributed by atoms with van der Waals surface area (Å²) in [5.74, 6) is 0.0770. The quantitative estimate of drug-likeness (QED) is 0.225. The molecule has 3 heterocycles. The van der Waals surface area contributed by atoms with E-state index in [1.807, 2.05) is 46.0 Å². The van der Waals surface area contributed by atoms with Gasteiger partial charge in [0, 0.05) is 59.9 Å². The molecule has 1 amide bonds. The van der Waals surface area contributed by atoms with Crippen molar-refractivity contribution < 1.29 is 9.90 Å². The molecule has 0 atom stereocenters. The largest absolute Gasteiger partial charge is 0.508 e. The van der Waals surface area contributed by atoms with Gasteiger partial charge in [0.2, 0.25) is 0 Å². The summed E-state index contributed by atoms with van der Waals surface area (Å²) in [5.41, 5.74) is 4.67. The lowest BCUT2D eigenvalue weighted by molar-refractivity contribution is 0.0981. The molecule has 1 fully saturated rings. The highest BCUT2D eigenvalue weighted by atomic mass is 32.1. The predicted octanol–water partition coefficient (Wildman–Crippen LogP) is 6.75. The normalized spacial score (nSPS) is 13.8. The molecule has 2 aromatic heterocycles. The summed E-state index contributed by atoms with van der Waals surface area (Å²) in [6.45, 7) is 5.46. The molecule has 6 rings (SSSR count). The minimum atomic E-state index is -0.128. The Bertz CT molecular complexity index is 1530. The van der Waals surface area contributed by atoms with E-state index in [0.717, 1.165) is 53.9 Å². The summed E-state index contributed by atoms with van der Waals surface area (Å²) in [4.78, 5) is 26.3. The van der Waals surface area contributed by atoms with Crippen molar-refractivity contribution >= 4 is 40.0 Å². The average Bonchev–Trinajstić information content (AvgIpc) is 3.70. The van der Waals surface area contributed by atoms with E-state index in [9.17, 15) is 9.90 Å². The summed E-state index contributed by atoms with van der Waals surface area (Å²) in [7, 11) is 0. The van der Waals surface area contributed by atoms with Gasteiger partial charge in [-0.25, -0.2) is 4.98 Å². The number of thiazole rings is 1. The fourth-order valence-electron chi connectivity index (χ4n) is 4.93. The fourth-order valence-corrected chi connectivity index (χ4v) is 6.43. The molecule has 0 bridgehead atoms. The molecule has 0 unspecified atom stereocenters. The van der Waals surface area contributed by atoms with E-state index in [2.05, 4.69) is 63.3 Å². The van der Waals surface area contributed by atoms with Gasteiger partial charge in [0.1, 0.15) is 16.5 Å². The first-order valence-electron chi connectivity index (χ1n) is 13.3. The molecule has 1 N–H and O–H groups in total. The van der Waals surface area contributed by atoms with Crippen molar-refractivity contribution in [1.82, 2.24) is 9.88 Å². The second kappa shape index (κ2) is 12.0. The highest BCUT2D eigenvalue weighted by molar-refractivity contribution is 7.13. The minimum absolute atomic E-state index is 0.128. The van der Waals surface area contributed by atoms with Crippen molar-refractivity contribution in [2.24, 2.45) is 0 Å². The van der Waals surface area contributed by atoms with Crippen LogP contribution in [0.3, 0.4) is 0 Å². The third-order valence-electron chi connectivity index (χ3n) is 7.12. The van der Waals surface area contributed by atoms with Crippen LogP contribution in [0.25, 0.3) is 10.6 Å². The number of nitrogens with zero attached hydrogens (tertiary/aromatic N) is 4. The molecule has 5 aromatic rings. The van der Waals surface area contributed by atoms with Gasteiger partial charge in [0.25, 0.3) is 5.91 Å². The number of carbonyl (C=O) groups is 1. The van der Waals surface area contributed by atoms with Crippen molar-refractivity contribution in [3.63, 3.8) is 0 Å². The monoisotopic (exact) mass is 566 g/mol. The van der Waals surface area contributed by atoms with Crippen LogP contribution in [0.15, 0.2) is 102 Å². The Morgan fingerprint density at radius 2 is 1.60 bits per heavy atom. The van der Waals surface area contributed by atoms with Gasteiger partial charge in [-0.2, -0.15) is 0 Å². The molecular formula is C32H30N4O2S2. The molecule has 0 spiro atoms. The van der Waals surface area contributed by atoms with Crippen LogP contribution in [0.5, 0.6) is 5.75 Å². The molecule has 8 heteroatoms. The zero-order chi connectivity index (χ0) is 27.3. The molecule has 6 nitrogen and oxygen atoms in total. The lowest BCUT2D eigenvalue weighted by atomic mass is 10.1. The van der Waals surface area contributed by atoms with Gasteiger partial charge in [0.15, 0.2) is 0 Å². The van der Waals surface area contributed by atoms with Gasteiger partial charge in [-0.05, 0) is 65.5 Å². The first-order chi connectivity index (χ1) is 19.6. The molecular weight excluding hydrogens is 537 g/mol. The van der Waals surface area contributed by atoms with Crippen LogP contribution in [-0.4, -0.2) is 47.1 Å². The molecule has 1 saturated heterocycles. The summed E-state index contributed by atoms with van der Waals surface area (Å²) < 4.78 is 0. The molecule has 0 aliphatic carbocycles. The van der Waals surface area contributed by atoms with E-state index in [1.165, 1.54) is 22.6 Å². The molecule has 0 radical (unpaired) electrons. The lowest BCUT2D eigenvalue weighted by Crippen LogP contribution is -2.45. The summed E-state index contributed by atoms with van der Waals surface area (Å²) in [6, 6.07) is 29.9. The number of aromatic nitrogens is 1. The van der Waals surface area contributed by atoms with Gasteiger partial charge in [0.05, 0.1) is 6.54 Å². The highest BCUT2D eigenvalue weighted by Gasteiger charge is 2.23. The standard InChI is InChI=1S/C32H30N4O2S2/c37-28-14-8-25(9-15-28)31-33-30(23-40-31)32(38)36(22-29-7-4-20-39-29)27-12-10-26(11-13-27)35-18-16-34(17-19-35)21-24-5-2-1-3-6-24/h1-15,20,23,37H,16-19,21-22H2. The van der Waals surface area contributed by atoms with Crippen LogP contribution < -0.4 is 9.80 Å². The van der Waals surface area contributed by atoms with Gasteiger partial charge in [-0.3, -0.25) is 9.69 Å². The van der Waals surface area contributed by atoms with Gasteiger partial charge in [-0.15, -0.1) is 22.7 Å². The molecule has 1 aliphatic heterocycles. The van der Waals surface area contributed by atoms with Crippen LogP contribution in [0, 0.1) is 0 Å². The highest BCUT2D eigenvalue weighted by Crippen LogP contribution is 2.29. The van der Waals surface area contributed by atoms with Crippen molar-refractivity contribution in [2.75, 3.05) is 36.0 Å². The van der Waals surface area contributed by atoms with Crippen LogP contribution in [0.1, 0.15) is 20.9 Å². The molecule has 3 aromatic carbocycles. The van der Waals surface area contributed by atoms with E-state index in [4.69, 9.17) is 0 Å². The maximum absolute atomic E-state index is 13.8. The van der Waals surface area contributed by atoms with Crippen molar-refractivity contribution in [3.05, 3.63) is 118 Å². The van der Waals surface area contributed by atoms with Crippen LogP contribution in [0.4, 0.5) is 11.4 Å². The Balaban J connectivity index is 1.16. The second-order valence-electron chi connectivity index (χ2n) is 9.82. The van der Waals surface area contributed by atoms with Crippen LogP contribution in [-0.2, 0) is 13.1 Å². The number of thiophene rings is 1. The topological polar surface area (TPSA) is 59.9 Å². The summed E-state index contributed by atoms with van der Waals surface area (Å²) in [6.07, 6.45) is 0. The number of phenolic OH excluding ortho intramolecular Hbond substituents is 1.